The van der Waals surface area contributed by atoms with E-state index in [0.717, 1.165) is 17.7 Å². The number of benzene rings is 1. The van der Waals surface area contributed by atoms with Gasteiger partial charge in [-0.05, 0) is 36.3 Å². The van der Waals surface area contributed by atoms with Crippen molar-refractivity contribution >= 4 is 34.9 Å². The Morgan fingerprint density at radius 2 is 2.29 bits per heavy atom. The Morgan fingerprint density at radius 1 is 1.46 bits per heavy atom. The molecule has 8 nitrogen and oxygen atoms in total. The van der Waals surface area contributed by atoms with Crippen LogP contribution in [0.25, 0.3) is 0 Å². The van der Waals surface area contributed by atoms with Gasteiger partial charge in [-0.3, -0.25) is 20.5 Å². The van der Waals surface area contributed by atoms with Gasteiger partial charge in [0.1, 0.15) is 0 Å². The summed E-state index contributed by atoms with van der Waals surface area (Å²) in [6.07, 6.45) is 5.72. The number of nitrogens with one attached hydrogen (secondary N) is 2. The molecule has 2 aromatic rings. The molecule has 1 aromatic carbocycles. The van der Waals surface area contributed by atoms with Crippen molar-refractivity contribution in [1.82, 2.24) is 10.4 Å². The first-order valence-electron chi connectivity index (χ1n) is 7.06. The fraction of sp³-hybridized carbons (Fsp3) is 0.133. The van der Waals surface area contributed by atoms with Crippen LogP contribution in [0.15, 0.2) is 47.8 Å². The number of hydrazone groups is 1. The second-order valence-corrected chi connectivity index (χ2v) is 5.24. The zero-order valence-electron chi connectivity index (χ0n) is 12.7. The quantitative estimate of drug-likeness (QED) is 0.303. The molecule has 0 aliphatic carbocycles. The second kappa shape index (κ2) is 8.53. The Morgan fingerprint density at radius 3 is 2.96 bits per heavy atom. The first kappa shape index (κ1) is 17.3. The van der Waals surface area contributed by atoms with E-state index in [0.29, 0.717) is 12.1 Å². The van der Waals surface area contributed by atoms with Gasteiger partial charge in [0.25, 0.3) is 5.69 Å². The summed E-state index contributed by atoms with van der Waals surface area (Å²) < 4.78 is 0. The van der Waals surface area contributed by atoms with Crippen molar-refractivity contribution in [2.75, 3.05) is 11.9 Å². The molecule has 9 heteroatoms. The average molecular weight is 344 g/mol. The van der Waals surface area contributed by atoms with Gasteiger partial charge in [0.2, 0.25) is 0 Å². The van der Waals surface area contributed by atoms with E-state index in [9.17, 15) is 10.1 Å². The van der Waals surface area contributed by atoms with Crippen molar-refractivity contribution in [1.29, 1.82) is 0 Å². The van der Waals surface area contributed by atoms with Gasteiger partial charge < -0.3 is 11.1 Å². The van der Waals surface area contributed by atoms with Crippen LogP contribution in [-0.4, -0.2) is 27.8 Å². The molecule has 0 unspecified atom stereocenters. The van der Waals surface area contributed by atoms with Crippen LogP contribution in [0, 0.1) is 10.1 Å². The van der Waals surface area contributed by atoms with Gasteiger partial charge in [-0.25, -0.2) is 0 Å². The zero-order chi connectivity index (χ0) is 17.4. The van der Waals surface area contributed by atoms with Crippen LogP contribution in [0.1, 0.15) is 11.1 Å². The molecule has 0 atom stereocenters. The van der Waals surface area contributed by atoms with Gasteiger partial charge in [0, 0.05) is 42.3 Å². The van der Waals surface area contributed by atoms with Gasteiger partial charge in [-0.2, -0.15) is 5.10 Å². The molecular weight excluding hydrogens is 328 g/mol. The third-order valence-corrected chi connectivity index (χ3v) is 3.17. The lowest BCUT2D eigenvalue weighted by Crippen LogP contribution is -2.24. The topological polar surface area (TPSA) is 118 Å². The van der Waals surface area contributed by atoms with Crippen LogP contribution in [0.3, 0.4) is 0 Å². The number of non-ortho nitro benzene ring substituents is 1. The van der Waals surface area contributed by atoms with Crippen molar-refractivity contribution in [2.24, 2.45) is 10.8 Å². The minimum Gasteiger partial charge on any atom is -0.384 e. The summed E-state index contributed by atoms with van der Waals surface area (Å²) in [5, 5.41) is 18.0. The summed E-state index contributed by atoms with van der Waals surface area (Å²) in [7, 11) is 0. The molecule has 4 N–H and O–H groups in total. The van der Waals surface area contributed by atoms with Gasteiger partial charge >= 0.3 is 0 Å². The highest BCUT2D eigenvalue weighted by Crippen LogP contribution is 2.20. The number of anilines is 1. The summed E-state index contributed by atoms with van der Waals surface area (Å²) in [6.45, 7) is 0.646. The Hall–Kier alpha value is -3.07. The van der Waals surface area contributed by atoms with Crippen molar-refractivity contribution in [3.05, 3.63) is 64.0 Å². The Labute approximate surface area is 143 Å². The molecule has 24 heavy (non-hydrogen) atoms. The van der Waals surface area contributed by atoms with Crippen molar-refractivity contribution in [2.45, 2.75) is 6.42 Å². The number of thiocarbonyl (C=S) groups is 1. The second-order valence-electron chi connectivity index (χ2n) is 4.80. The van der Waals surface area contributed by atoms with Gasteiger partial charge in [0.05, 0.1) is 11.1 Å². The molecule has 0 bridgehead atoms. The molecule has 0 aliphatic rings. The van der Waals surface area contributed by atoms with Crippen LogP contribution in [0.5, 0.6) is 0 Å². The van der Waals surface area contributed by atoms with Crippen LogP contribution >= 0.6 is 12.2 Å². The van der Waals surface area contributed by atoms with Gasteiger partial charge in [-0.1, -0.05) is 6.07 Å². The molecule has 0 fully saturated rings. The Kier molecular flexibility index (Phi) is 6.15. The Balaban J connectivity index is 2.10. The van der Waals surface area contributed by atoms with E-state index >= 15 is 0 Å². The third-order valence-electron chi connectivity index (χ3n) is 3.08. The molecule has 0 amide bonds. The van der Waals surface area contributed by atoms with E-state index in [4.69, 9.17) is 5.73 Å². The lowest BCUT2D eigenvalue weighted by atomic mass is 10.1. The first-order valence-corrected chi connectivity index (χ1v) is 7.47. The molecule has 0 aliphatic heterocycles. The number of nitro groups is 1. The zero-order valence-corrected chi connectivity index (χ0v) is 13.5. The van der Waals surface area contributed by atoms with Crippen molar-refractivity contribution in [3.8, 4) is 0 Å². The fourth-order valence-electron chi connectivity index (χ4n) is 1.98. The standard InChI is InChI=1S/C15H16N6O2S/c16-15(24)20-19-10-12-8-13(21(22)23)3-4-14(12)18-7-5-11-2-1-6-17-9-11/h1-4,6,8-10,18H,5,7H2,(H3,16,20,24)/b19-10+. The molecule has 0 saturated carbocycles. The number of nitrogens with zero attached hydrogens (tertiary/aromatic N) is 3. The number of hydrogen-bond donors (Lipinski definition) is 3. The maximum absolute atomic E-state index is 10.9. The number of pyridine rings is 1. The minimum atomic E-state index is -0.461. The molecule has 1 aromatic heterocycles. The monoisotopic (exact) mass is 344 g/mol. The summed E-state index contributed by atoms with van der Waals surface area (Å²) >= 11 is 4.66. The third kappa shape index (κ3) is 5.29. The number of nitro benzene ring substituents is 1. The molecular formula is C15H16N6O2S. The highest BCUT2D eigenvalue weighted by molar-refractivity contribution is 7.80. The molecule has 2 rings (SSSR count). The van der Waals surface area contributed by atoms with Gasteiger partial charge in [0.15, 0.2) is 5.11 Å². The van der Waals surface area contributed by atoms with Crippen LogP contribution in [0.4, 0.5) is 11.4 Å². The SMILES string of the molecule is NC(=S)N/N=C/c1cc([N+](=O)[O-])ccc1NCCc1cccnc1. The van der Waals surface area contributed by atoms with Gasteiger partial charge in [-0.15, -0.1) is 0 Å². The maximum Gasteiger partial charge on any atom is 0.270 e. The van der Waals surface area contributed by atoms with Crippen LogP contribution in [-0.2, 0) is 6.42 Å². The van der Waals surface area contributed by atoms with Crippen molar-refractivity contribution in [3.63, 3.8) is 0 Å². The van der Waals surface area contributed by atoms with E-state index in [-0.39, 0.29) is 10.8 Å². The number of nitrogens with two attached hydrogens (primary N) is 1. The molecule has 0 spiro atoms. The molecule has 0 saturated heterocycles. The molecule has 124 valence electrons. The average Bonchev–Trinajstić information content (AvgIpc) is 2.56. The minimum absolute atomic E-state index is 0.0165. The summed E-state index contributed by atoms with van der Waals surface area (Å²) in [5.41, 5.74) is 10.1. The summed E-state index contributed by atoms with van der Waals surface area (Å²) in [6, 6.07) is 8.37. The largest absolute Gasteiger partial charge is 0.384 e. The highest BCUT2D eigenvalue weighted by Gasteiger charge is 2.09. The Bertz CT molecular complexity index is 751. The molecule has 1 heterocycles. The highest BCUT2D eigenvalue weighted by atomic mass is 32.1. The number of rotatable bonds is 7. The maximum atomic E-state index is 10.9. The predicted octanol–water partition coefficient (Wildman–Crippen LogP) is 1.81. The van der Waals surface area contributed by atoms with E-state index in [1.54, 1.807) is 18.5 Å². The number of hydrogen-bond acceptors (Lipinski definition) is 6. The van der Waals surface area contributed by atoms with Crippen LogP contribution in [0.2, 0.25) is 0 Å². The lowest BCUT2D eigenvalue weighted by molar-refractivity contribution is -0.384. The molecule has 0 radical (unpaired) electrons. The normalized spacial score (nSPS) is 10.5. The van der Waals surface area contributed by atoms with E-state index in [1.165, 1.54) is 18.3 Å². The number of aromatic nitrogens is 1. The van der Waals surface area contributed by atoms with Crippen LogP contribution < -0.4 is 16.5 Å². The lowest BCUT2D eigenvalue weighted by Gasteiger charge is -2.09. The summed E-state index contributed by atoms with van der Waals surface area (Å²) in [4.78, 5) is 14.5. The fourth-order valence-corrected chi connectivity index (χ4v) is 2.04. The van der Waals surface area contributed by atoms with E-state index in [2.05, 4.69) is 33.0 Å². The smallest absolute Gasteiger partial charge is 0.270 e. The van der Waals surface area contributed by atoms with Crippen molar-refractivity contribution < 1.29 is 4.92 Å². The van der Waals surface area contributed by atoms with E-state index < -0.39 is 4.92 Å². The predicted molar refractivity (Wildman–Crippen MR) is 97.0 cm³/mol. The first-order chi connectivity index (χ1) is 11.6. The summed E-state index contributed by atoms with van der Waals surface area (Å²) in [5.74, 6) is 0. The van der Waals surface area contributed by atoms with E-state index in [1.807, 2.05) is 12.1 Å².